The van der Waals surface area contributed by atoms with Crippen LogP contribution in [0, 0.1) is 5.92 Å². The van der Waals surface area contributed by atoms with Crippen LogP contribution in [-0.2, 0) is 19.4 Å². The van der Waals surface area contributed by atoms with Gasteiger partial charge in [0.1, 0.15) is 0 Å². The van der Waals surface area contributed by atoms with Gasteiger partial charge in [-0.2, -0.15) is 5.10 Å². The highest BCUT2D eigenvalue weighted by Gasteiger charge is 2.22. The first-order valence-corrected chi connectivity index (χ1v) is 8.97. The lowest BCUT2D eigenvalue weighted by molar-refractivity contribution is 0.0947. The molecule has 4 heteroatoms. The van der Waals surface area contributed by atoms with Crippen molar-refractivity contribution in [3.05, 3.63) is 52.8 Å². The molecule has 0 saturated heterocycles. The number of hydrogen-bond donors (Lipinski definition) is 1. The molecule has 1 heterocycles. The van der Waals surface area contributed by atoms with Crippen LogP contribution < -0.4 is 5.32 Å². The monoisotopic (exact) mass is 327 g/mol. The minimum Gasteiger partial charge on any atom is -0.352 e. The fourth-order valence-corrected chi connectivity index (χ4v) is 2.86. The van der Waals surface area contributed by atoms with Gasteiger partial charge in [0.2, 0.25) is 0 Å². The highest BCUT2D eigenvalue weighted by molar-refractivity contribution is 5.96. The lowest BCUT2D eigenvalue weighted by Gasteiger charge is -2.10. The number of amides is 1. The Morgan fingerprint density at radius 3 is 2.50 bits per heavy atom. The lowest BCUT2D eigenvalue weighted by Crippen LogP contribution is -2.28. The number of carbonyl (C=O) groups is 1. The molecule has 2 aromatic rings. The molecule has 0 aliphatic carbocycles. The summed E-state index contributed by atoms with van der Waals surface area (Å²) in [4.78, 5) is 12.7. The number of aryl methyl sites for hydroxylation is 1. The van der Waals surface area contributed by atoms with Crippen LogP contribution in [-0.4, -0.2) is 22.2 Å². The number of hydrogen-bond acceptors (Lipinski definition) is 2. The third-order valence-corrected chi connectivity index (χ3v) is 4.02. The van der Waals surface area contributed by atoms with E-state index in [9.17, 15) is 4.79 Å². The molecule has 1 aromatic heterocycles. The van der Waals surface area contributed by atoms with Crippen LogP contribution in [0.3, 0.4) is 0 Å². The first-order valence-electron chi connectivity index (χ1n) is 8.97. The van der Waals surface area contributed by atoms with Crippen LogP contribution in [0.15, 0.2) is 30.3 Å². The largest absolute Gasteiger partial charge is 0.352 e. The highest BCUT2D eigenvalue weighted by Crippen LogP contribution is 2.19. The van der Waals surface area contributed by atoms with Crippen LogP contribution in [0.5, 0.6) is 0 Å². The van der Waals surface area contributed by atoms with Gasteiger partial charge in [0.25, 0.3) is 5.91 Å². The van der Waals surface area contributed by atoms with Gasteiger partial charge in [-0.25, -0.2) is 0 Å². The number of carbonyl (C=O) groups excluding carboxylic acids is 1. The predicted molar refractivity (Wildman–Crippen MR) is 98.3 cm³/mol. The summed E-state index contributed by atoms with van der Waals surface area (Å²) >= 11 is 0. The lowest BCUT2D eigenvalue weighted by atomic mass is 10.1. The molecule has 24 heavy (non-hydrogen) atoms. The van der Waals surface area contributed by atoms with Gasteiger partial charge >= 0.3 is 0 Å². The fraction of sp³-hybridized carbons (Fsp3) is 0.500. The number of aromatic nitrogens is 2. The zero-order valence-electron chi connectivity index (χ0n) is 15.3. The molecule has 0 aliphatic rings. The standard InChI is InChI=1S/C20H29N3O/c1-5-10-17-19(20(24)21-13-15(3)4)18(6-2)23(22-17)14-16-11-8-7-9-12-16/h7-9,11-12,15H,5-6,10,13-14H2,1-4H3,(H,21,24). The van der Waals surface area contributed by atoms with Crippen molar-refractivity contribution in [1.29, 1.82) is 0 Å². The summed E-state index contributed by atoms with van der Waals surface area (Å²) in [5.74, 6) is 0.455. The maximum absolute atomic E-state index is 12.7. The van der Waals surface area contributed by atoms with Crippen molar-refractivity contribution >= 4 is 5.91 Å². The summed E-state index contributed by atoms with van der Waals surface area (Å²) in [6, 6.07) is 10.3. The molecule has 1 aromatic carbocycles. The molecule has 0 aliphatic heterocycles. The minimum absolute atomic E-state index is 0.0170. The van der Waals surface area contributed by atoms with Gasteiger partial charge in [0, 0.05) is 6.54 Å². The Morgan fingerprint density at radius 2 is 1.92 bits per heavy atom. The van der Waals surface area contributed by atoms with E-state index in [0.29, 0.717) is 19.0 Å². The van der Waals surface area contributed by atoms with E-state index in [-0.39, 0.29) is 5.91 Å². The molecule has 0 bridgehead atoms. The summed E-state index contributed by atoms with van der Waals surface area (Å²) in [6.07, 6.45) is 2.61. The van der Waals surface area contributed by atoms with Gasteiger partial charge in [-0.1, -0.05) is 64.4 Å². The normalized spacial score (nSPS) is 11.0. The molecule has 0 atom stereocenters. The van der Waals surface area contributed by atoms with Crippen LogP contribution in [0.1, 0.15) is 61.4 Å². The third kappa shape index (κ3) is 4.47. The molecule has 0 saturated carbocycles. The van der Waals surface area contributed by atoms with Crippen molar-refractivity contribution in [2.24, 2.45) is 5.92 Å². The summed E-state index contributed by atoms with van der Waals surface area (Å²) in [5, 5.41) is 7.83. The summed E-state index contributed by atoms with van der Waals surface area (Å²) in [7, 11) is 0. The zero-order valence-corrected chi connectivity index (χ0v) is 15.3. The number of benzene rings is 1. The van der Waals surface area contributed by atoms with Crippen molar-refractivity contribution < 1.29 is 4.79 Å². The Hall–Kier alpha value is -2.10. The van der Waals surface area contributed by atoms with Gasteiger partial charge in [0.15, 0.2) is 0 Å². The van der Waals surface area contributed by atoms with Crippen molar-refractivity contribution in [3.8, 4) is 0 Å². The van der Waals surface area contributed by atoms with Gasteiger partial charge in [-0.3, -0.25) is 9.48 Å². The Balaban J connectivity index is 2.35. The average molecular weight is 327 g/mol. The van der Waals surface area contributed by atoms with Gasteiger partial charge in [-0.05, 0) is 24.3 Å². The van der Waals surface area contributed by atoms with E-state index < -0.39 is 0 Å². The average Bonchev–Trinajstić information content (AvgIpc) is 2.91. The van der Waals surface area contributed by atoms with Crippen LogP contribution in [0.25, 0.3) is 0 Å². The second-order valence-corrected chi connectivity index (χ2v) is 6.62. The molecule has 0 unspecified atom stereocenters. The molecular formula is C20H29N3O. The number of rotatable bonds is 8. The smallest absolute Gasteiger partial charge is 0.255 e. The van der Waals surface area contributed by atoms with E-state index in [0.717, 1.165) is 36.2 Å². The molecule has 1 amide bonds. The summed E-state index contributed by atoms with van der Waals surface area (Å²) in [5.41, 5.74) is 3.94. The van der Waals surface area contributed by atoms with Gasteiger partial charge < -0.3 is 5.32 Å². The third-order valence-electron chi connectivity index (χ3n) is 4.02. The molecular weight excluding hydrogens is 298 g/mol. The maximum Gasteiger partial charge on any atom is 0.255 e. The van der Waals surface area contributed by atoms with E-state index in [1.807, 2.05) is 22.9 Å². The number of nitrogens with one attached hydrogen (secondary N) is 1. The molecule has 4 nitrogen and oxygen atoms in total. The Labute approximate surface area is 145 Å². The van der Waals surface area contributed by atoms with Crippen molar-refractivity contribution in [2.75, 3.05) is 6.54 Å². The molecule has 2 rings (SSSR count). The zero-order chi connectivity index (χ0) is 17.5. The first kappa shape index (κ1) is 18.2. The van der Waals surface area contributed by atoms with Gasteiger partial charge in [0.05, 0.1) is 23.5 Å². The van der Waals surface area contributed by atoms with Gasteiger partial charge in [-0.15, -0.1) is 0 Å². The van der Waals surface area contributed by atoms with E-state index in [4.69, 9.17) is 5.10 Å². The Bertz CT molecular complexity index is 659. The molecule has 130 valence electrons. The Kier molecular flexibility index (Phi) is 6.59. The molecule has 0 spiro atoms. The van der Waals surface area contributed by atoms with Crippen molar-refractivity contribution in [3.63, 3.8) is 0 Å². The van der Waals surface area contributed by atoms with E-state index in [1.165, 1.54) is 5.56 Å². The van der Waals surface area contributed by atoms with E-state index in [2.05, 4.69) is 45.1 Å². The Morgan fingerprint density at radius 1 is 1.21 bits per heavy atom. The number of nitrogens with zero attached hydrogens (tertiary/aromatic N) is 2. The maximum atomic E-state index is 12.7. The topological polar surface area (TPSA) is 46.9 Å². The quantitative estimate of drug-likeness (QED) is 0.801. The van der Waals surface area contributed by atoms with Crippen LogP contribution >= 0.6 is 0 Å². The second-order valence-electron chi connectivity index (χ2n) is 6.62. The van der Waals surface area contributed by atoms with Crippen LogP contribution in [0.2, 0.25) is 0 Å². The summed E-state index contributed by atoms with van der Waals surface area (Å²) in [6.45, 7) is 9.82. The molecule has 0 radical (unpaired) electrons. The predicted octanol–water partition coefficient (Wildman–Crippen LogP) is 3.83. The summed E-state index contributed by atoms with van der Waals surface area (Å²) < 4.78 is 2.00. The van der Waals surface area contributed by atoms with E-state index in [1.54, 1.807) is 0 Å². The van der Waals surface area contributed by atoms with Crippen molar-refractivity contribution in [1.82, 2.24) is 15.1 Å². The highest BCUT2D eigenvalue weighted by atomic mass is 16.1. The van der Waals surface area contributed by atoms with Crippen molar-refractivity contribution in [2.45, 2.75) is 53.5 Å². The SMILES string of the molecule is CCCc1nn(Cc2ccccc2)c(CC)c1C(=O)NCC(C)C. The van der Waals surface area contributed by atoms with E-state index >= 15 is 0 Å². The van der Waals surface area contributed by atoms with Crippen LogP contribution in [0.4, 0.5) is 0 Å². The minimum atomic E-state index is 0.0170. The first-order chi connectivity index (χ1) is 11.6. The molecule has 0 fully saturated rings. The fourth-order valence-electron chi connectivity index (χ4n) is 2.86. The molecule has 1 N–H and O–H groups in total. The second kappa shape index (κ2) is 8.67.